The fourth-order valence-corrected chi connectivity index (χ4v) is 2.98. The highest BCUT2D eigenvalue weighted by atomic mass is 35.5. The highest BCUT2D eigenvalue weighted by Crippen LogP contribution is 2.34. The first-order valence-electron chi connectivity index (χ1n) is 9.03. The number of methoxy groups -OCH3 is 1. The minimum atomic E-state index is -0.916. The number of amides is 1. The highest BCUT2D eigenvalue weighted by molar-refractivity contribution is 6.30. The maximum absolute atomic E-state index is 12.5. The third-order valence-corrected chi connectivity index (χ3v) is 4.59. The topological polar surface area (TPSA) is 162 Å². The quantitative estimate of drug-likeness (QED) is 0.220. The van der Waals surface area contributed by atoms with E-state index in [9.17, 15) is 30.3 Å². The number of nitrogens with one attached hydrogen (secondary N) is 1. The molecule has 2 aromatic carbocycles. The molecule has 0 aliphatic carbocycles. The zero-order valence-corrected chi connectivity index (χ0v) is 17.5. The zero-order valence-electron chi connectivity index (χ0n) is 16.8. The van der Waals surface area contributed by atoms with Gasteiger partial charge in [0.1, 0.15) is 34.6 Å². The van der Waals surface area contributed by atoms with Crippen molar-refractivity contribution in [1.29, 1.82) is 5.26 Å². The van der Waals surface area contributed by atoms with Gasteiger partial charge in [0.25, 0.3) is 17.3 Å². The van der Waals surface area contributed by atoms with E-state index in [1.54, 1.807) is 6.07 Å². The average molecular weight is 469 g/mol. The van der Waals surface area contributed by atoms with Crippen LogP contribution in [0.2, 0.25) is 5.02 Å². The predicted octanol–water partition coefficient (Wildman–Crippen LogP) is 4.97. The van der Waals surface area contributed by atoms with E-state index in [0.717, 1.165) is 12.1 Å². The number of nitrogens with zero attached hydrogens (tertiary/aromatic N) is 3. The first kappa shape index (κ1) is 23.0. The minimum absolute atomic E-state index is 0.0604. The number of benzene rings is 2. The summed E-state index contributed by atoms with van der Waals surface area (Å²) in [4.78, 5) is 33.8. The van der Waals surface area contributed by atoms with Gasteiger partial charge < -0.3 is 14.5 Å². The number of furan rings is 1. The third-order valence-electron chi connectivity index (χ3n) is 4.35. The predicted molar refractivity (Wildman–Crippen MR) is 118 cm³/mol. The molecule has 1 aromatic heterocycles. The fourth-order valence-electron chi connectivity index (χ4n) is 2.82. The molecule has 0 spiro atoms. The summed E-state index contributed by atoms with van der Waals surface area (Å²) >= 11 is 5.82. The lowest BCUT2D eigenvalue weighted by Crippen LogP contribution is -2.14. The van der Waals surface area contributed by atoms with E-state index < -0.39 is 27.0 Å². The van der Waals surface area contributed by atoms with Gasteiger partial charge in [-0.1, -0.05) is 11.6 Å². The molecule has 12 heteroatoms. The number of carbonyl (C=O) groups excluding carboxylic acids is 1. The van der Waals surface area contributed by atoms with Crippen LogP contribution in [-0.2, 0) is 4.79 Å². The van der Waals surface area contributed by atoms with Gasteiger partial charge in [-0.2, -0.15) is 5.26 Å². The lowest BCUT2D eigenvalue weighted by molar-refractivity contribution is -0.384. The Morgan fingerprint density at radius 1 is 1.12 bits per heavy atom. The van der Waals surface area contributed by atoms with Crippen molar-refractivity contribution in [1.82, 2.24) is 0 Å². The van der Waals surface area contributed by atoms with Crippen LogP contribution < -0.4 is 10.1 Å². The summed E-state index contributed by atoms with van der Waals surface area (Å²) in [6.07, 6.45) is 1.11. The van der Waals surface area contributed by atoms with Gasteiger partial charge in [-0.3, -0.25) is 25.0 Å². The number of nitriles is 1. The van der Waals surface area contributed by atoms with Gasteiger partial charge in [0.2, 0.25) is 0 Å². The molecule has 3 aromatic rings. The molecular weight excluding hydrogens is 456 g/mol. The number of ether oxygens (including phenoxy) is 1. The first-order valence-corrected chi connectivity index (χ1v) is 9.41. The maximum atomic E-state index is 12.5. The Morgan fingerprint density at radius 2 is 1.85 bits per heavy atom. The van der Waals surface area contributed by atoms with Crippen molar-refractivity contribution in [3.63, 3.8) is 0 Å². The Kier molecular flexibility index (Phi) is 6.71. The van der Waals surface area contributed by atoms with Gasteiger partial charge in [-0.05, 0) is 36.4 Å². The number of nitro groups is 2. The molecule has 1 N–H and O–H groups in total. The Balaban J connectivity index is 1.90. The second-order valence-corrected chi connectivity index (χ2v) is 6.82. The van der Waals surface area contributed by atoms with Crippen LogP contribution in [0.3, 0.4) is 0 Å². The van der Waals surface area contributed by atoms with E-state index in [4.69, 9.17) is 20.8 Å². The van der Waals surface area contributed by atoms with E-state index in [0.29, 0.717) is 0 Å². The molecule has 0 saturated heterocycles. The second-order valence-electron chi connectivity index (χ2n) is 6.38. The van der Waals surface area contributed by atoms with Gasteiger partial charge >= 0.3 is 0 Å². The monoisotopic (exact) mass is 468 g/mol. The summed E-state index contributed by atoms with van der Waals surface area (Å²) in [6.45, 7) is 0. The van der Waals surface area contributed by atoms with Crippen LogP contribution >= 0.6 is 11.6 Å². The van der Waals surface area contributed by atoms with E-state index in [-0.39, 0.29) is 39.2 Å². The lowest BCUT2D eigenvalue weighted by Gasteiger charge is -2.07. The number of hydrogen-bond acceptors (Lipinski definition) is 8. The van der Waals surface area contributed by atoms with Crippen molar-refractivity contribution < 1.29 is 23.8 Å². The van der Waals surface area contributed by atoms with Gasteiger partial charge in [0, 0.05) is 17.2 Å². The van der Waals surface area contributed by atoms with Crippen LogP contribution in [0.4, 0.5) is 17.1 Å². The van der Waals surface area contributed by atoms with Crippen LogP contribution in [0.25, 0.3) is 17.4 Å². The van der Waals surface area contributed by atoms with Crippen LogP contribution in [0, 0.1) is 31.6 Å². The third kappa shape index (κ3) is 5.15. The summed E-state index contributed by atoms with van der Waals surface area (Å²) in [7, 11) is 1.34. The number of anilines is 1. The summed E-state index contributed by atoms with van der Waals surface area (Å²) in [5.74, 6) is -0.519. The van der Waals surface area contributed by atoms with Crippen molar-refractivity contribution in [2.75, 3.05) is 12.4 Å². The normalized spacial score (nSPS) is 10.9. The van der Waals surface area contributed by atoms with Crippen LogP contribution in [-0.4, -0.2) is 22.9 Å². The van der Waals surface area contributed by atoms with E-state index in [1.165, 1.54) is 49.6 Å². The van der Waals surface area contributed by atoms with E-state index in [1.807, 2.05) is 0 Å². The van der Waals surface area contributed by atoms with E-state index in [2.05, 4.69) is 5.32 Å². The fraction of sp³-hybridized carbons (Fsp3) is 0.0476. The highest BCUT2D eigenvalue weighted by Gasteiger charge is 2.21. The average Bonchev–Trinajstić information content (AvgIpc) is 3.25. The number of hydrogen-bond donors (Lipinski definition) is 1. The molecular formula is C21H13ClN4O7. The lowest BCUT2D eigenvalue weighted by atomic mass is 10.1. The largest absolute Gasteiger partial charge is 0.496 e. The summed E-state index contributed by atoms with van der Waals surface area (Å²) in [6, 6.07) is 12.4. The Morgan fingerprint density at radius 3 is 2.48 bits per heavy atom. The molecule has 0 fully saturated rings. The summed E-state index contributed by atoms with van der Waals surface area (Å²) in [5, 5.41) is 34.5. The molecule has 0 aliphatic rings. The van der Waals surface area contributed by atoms with E-state index >= 15 is 0 Å². The van der Waals surface area contributed by atoms with Gasteiger partial charge in [-0.25, -0.2) is 0 Å². The van der Waals surface area contributed by atoms with Crippen LogP contribution in [0.1, 0.15) is 5.76 Å². The number of rotatable bonds is 7. The van der Waals surface area contributed by atoms with Crippen LogP contribution in [0.15, 0.2) is 58.5 Å². The second kappa shape index (κ2) is 9.63. The molecule has 3 rings (SSSR count). The van der Waals surface area contributed by atoms with Crippen molar-refractivity contribution >= 4 is 40.6 Å². The molecule has 0 bridgehead atoms. The Bertz CT molecular complexity index is 1340. The molecule has 0 saturated carbocycles. The Labute approximate surface area is 190 Å². The molecule has 0 radical (unpaired) electrons. The van der Waals surface area contributed by atoms with Crippen molar-refractivity contribution in [2.24, 2.45) is 0 Å². The molecule has 11 nitrogen and oxygen atoms in total. The van der Waals surface area contributed by atoms with Gasteiger partial charge in [-0.15, -0.1) is 0 Å². The number of carbonyl (C=O) groups is 1. The molecule has 0 aliphatic heterocycles. The molecule has 1 heterocycles. The van der Waals surface area contributed by atoms with Crippen molar-refractivity contribution in [3.05, 3.63) is 85.1 Å². The molecule has 33 heavy (non-hydrogen) atoms. The number of nitro benzene ring substituents is 2. The first-order chi connectivity index (χ1) is 15.7. The van der Waals surface area contributed by atoms with Crippen molar-refractivity contribution in [3.8, 4) is 23.1 Å². The molecule has 1 amide bonds. The van der Waals surface area contributed by atoms with Gasteiger partial charge in [0.15, 0.2) is 0 Å². The maximum Gasteiger partial charge on any atom is 0.296 e. The van der Waals surface area contributed by atoms with Crippen molar-refractivity contribution in [2.45, 2.75) is 0 Å². The summed E-state index contributed by atoms with van der Waals surface area (Å²) in [5.41, 5.74) is -1.09. The Hall–Kier alpha value is -4.69. The SMILES string of the molecule is COc1ccc(NC(=O)/C(C#N)=C/c2ccc(-c3ccc(Cl)cc3[N+](=O)[O-])o2)c([N+](=O)[O-])c1. The smallest absolute Gasteiger partial charge is 0.296 e. The summed E-state index contributed by atoms with van der Waals surface area (Å²) < 4.78 is 10.5. The molecule has 166 valence electrons. The molecule has 0 unspecified atom stereocenters. The standard InChI is InChI=1S/C21H13ClN4O7/c1-32-14-3-6-17(19(10-14)26(30)31)24-21(27)12(11-23)8-15-4-7-20(33-15)16-5-2-13(22)9-18(16)25(28)29/h2-10H,1H3,(H,24,27)/b12-8+. The number of halogens is 1. The minimum Gasteiger partial charge on any atom is -0.496 e. The van der Waals surface area contributed by atoms with Crippen LogP contribution in [0.5, 0.6) is 5.75 Å². The zero-order chi connectivity index (χ0) is 24.1. The molecule has 0 atom stereocenters. The van der Waals surface area contributed by atoms with Gasteiger partial charge in [0.05, 0.1) is 28.6 Å².